The van der Waals surface area contributed by atoms with Crippen molar-refractivity contribution >= 4 is 39.9 Å². The van der Waals surface area contributed by atoms with Crippen molar-refractivity contribution in [2.45, 2.75) is 32.9 Å². The third kappa shape index (κ3) is 4.78. The van der Waals surface area contributed by atoms with Gasteiger partial charge in [-0.1, -0.05) is 23.7 Å². The average Bonchev–Trinajstić information content (AvgIpc) is 2.42. The van der Waals surface area contributed by atoms with Gasteiger partial charge in [0.05, 0.1) is 11.1 Å². The van der Waals surface area contributed by atoms with Crippen LogP contribution in [0.3, 0.4) is 0 Å². The molecule has 0 aliphatic heterocycles. The van der Waals surface area contributed by atoms with E-state index in [0.717, 1.165) is 11.4 Å². The van der Waals surface area contributed by atoms with E-state index in [1.165, 1.54) is 9.13 Å². The predicted molar refractivity (Wildman–Crippen MR) is 98.4 cm³/mol. The molecule has 4 heteroatoms. The van der Waals surface area contributed by atoms with Gasteiger partial charge in [-0.05, 0) is 79.3 Å². The van der Waals surface area contributed by atoms with Crippen molar-refractivity contribution in [2.75, 3.05) is 5.32 Å². The second kappa shape index (κ2) is 7.36. The fraction of sp³-hybridized carbons (Fsp3) is 0.294. The topological polar surface area (TPSA) is 21.3 Å². The summed E-state index contributed by atoms with van der Waals surface area (Å²) in [4.78, 5) is 0. The first kappa shape index (κ1) is 16.4. The molecule has 0 aliphatic rings. The number of ether oxygens (including phenoxy) is 1. The summed E-state index contributed by atoms with van der Waals surface area (Å²) in [6.45, 7) is 6.11. The van der Waals surface area contributed by atoms with Crippen molar-refractivity contribution in [1.82, 2.24) is 0 Å². The van der Waals surface area contributed by atoms with Crippen LogP contribution in [-0.4, -0.2) is 6.10 Å². The first-order valence-electron chi connectivity index (χ1n) is 6.94. The Kier molecular flexibility index (Phi) is 5.76. The molecule has 0 aliphatic carbocycles. The van der Waals surface area contributed by atoms with Crippen molar-refractivity contribution in [2.24, 2.45) is 0 Å². The summed E-state index contributed by atoms with van der Waals surface area (Å²) in [6, 6.07) is 14.5. The van der Waals surface area contributed by atoms with Crippen LogP contribution in [0.1, 0.15) is 32.4 Å². The molecule has 2 nitrogen and oxygen atoms in total. The minimum atomic E-state index is 0.118. The summed E-state index contributed by atoms with van der Waals surface area (Å²) >= 11 is 8.57. The lowest BCUT2D eigenvalue weighted by molar-refractivity contribution is 0.242. The Hall–Kier alpha value is -0.940. The monoisotopic (exact) mass is 415 g/mol. The fourth-order valence-electron chi connectivity index (χ4n) is 2.02. The molecule has 0 spiro atoms. The highest BCUT2D eigenvalue weighted by Crippen LogP contribution is 2.30. The third-order valence-corrected chi connectivity index (χ3v) is 4.06. The fourth-order valence-corrected chi connectivity index (χ4v) is 2.61. The molecule has 0 saturated heterocycles. The molecule has 0 amide bonds. The molecule has 0 radical (unpaired) electrons. The van der Waals surface area contributed by atoms with Crippen LogP contribution in [0.4, 0.5) is 5.69 Å². The van der Waals surface area contributed by atoms with Gasteiger partial charge in [0.15, 0.2) is 0 Å². The summed E-state index contributed by atoms with van der Waals surface area (Å²) in [6.07, 6.45) is 0.118. The normalized spacial score (nSPS) is 12.3. The zero-order valence-electron chi connectivity index (χ0n) is 12.4. The maximum Gasteiger partial charge on any atom is 0.138 e. The molecule has 1 unspecified atom stereocenters. The maximum absolute atomic E-state index is 6.26. The van der Waals surface area contributed by atoms with Gasteiger partial charge in [0.2, 0.25) is 0 Å². The third-order valence-electron chi connectivity index (χ3n) is 3.05. The summed E-state index contributed by atoms with van der Waals surface area (Å²) < 4.78 is 6.88. The van der Waals surface area contributed by atoms with Crippen LogP contribution in [0.15, 0.2) is 42.5 Å². The minimum absolute atomic E-state index is 0.118. The molecule has 0 saturated carbocycles. The van der Waals surface area contributed by atoms with E-state index < -0.39 is 0 Å². The van der Waals surface area contributed by atoms with Gasteiger partial charge in [0.25, 0.3) is 0 Å². The van der Waals surface area contributed by atoms with Gasteiger partial charge in [0, 0.05) is 15.3 Å². The van der Waals surface area contributed by atoms with Gasteiger partial charge < -0.3 is 10.1 Å². The number of hydrogen-bond acceptors (Lipinski definition) is 2. The zero-order chi connectivity index (χ0) is 15.4. The molecule has 21 heavy (non-hydrogen) atoms. The lowest BCUT2D eigenvalue weighted by Crippen LogP contribution is -2.08. The molecule has 0 aromatic heterocycles. The smallest absolute Gasteiger partial charge is 0.138 e. The van der Waals surface area contributed by atoms with Crippen LogP contribution in [0.5, 0.6) is 5.75 Å². The summed E-state index contributed by atoms with van der Waals surface area (Å²) in [7, 11) is 0. The minimum Gasteiger partial charge on any atom is -0.489 e. The van der Waals surface area contributed by atoms with Crippen LogP contribution >= 0.6 is 34.2 Å². The van der Waals surface area contributed by atoms with Crippen molar-refractivity contribution in [3.8, 4) is 5.75 Å². The second-order valence-corrected chi connectivity index (χ2v) is 6.88. The molecule has 0 bridgehead atoms. The molecule has 2 aromatic carbocycles. The first-order valence-corrected chi connectivity index (χ1v) is 8.39. The first-order chi connectivity index (χ1) is 9.95. The lowest BCUT2D eigenvalue weighted by Gasteiger charge is -2.17. The van der Waals surface area contributed by atoms with E-state index in [1.54, 1.807) is 0 Å². The van der Waals surface area contributed by atoms with Gasteiger partial charge in [-0.3, -0.25) is 0 Å². The number of anilines is 1. The van der Waals surface area contributed by atoms with Crippen molar-refractivity contribution in [3.63, 3.8) is 0 Å². The number of rotatable bonds is 5. The SMILES string of the molecule is CC(C)Oc1ccc(NC(C)c2ccc(I)cc2)cc1Cl. The highest BCUT2D eigenvalue weighted by atomic mass is 127. The Morgan fingerprint density at radius 3 is 2.29 bits per heavy atom. The number of halogens is 2. The molecular formula is C17H19ClINO. The van der Waals surface area contributed by atoms with E-state index in [9.17, 15) is 0 Å². The largest absolute Gasteiger partial charge is 0.489 e. The molecular weight excluding hydrogens is 397 g/mol. The highest BCUT2D eigenvalue weighted by Gasteiger charge is 2.08. The molecule has 1 atom stereocenters. The quantitative estimate of drug-likeness (QED) is 0.613. The van der Waals surface area contributed by atoms with Crippen LogP contribution in [0, 0.1) is 3.57 Å². The van der Waals surface area contributed by atoms with E-state index in [4.69, 9.17) is 16.3 Å². The standard InChI is InChI=1S/C17H19ClINO/c1-11(2)21-17-9-8-15(10-16(17)18)20-12(3)13-4-6-14(19)7-5-13/h4-12,20H,1-3H3. The molecule has 2 rings (SSSR count). The summed E-state index contributed by atoms with van der Waals surface area (Å²) in [5, 5.41) is 4.08. The van der Waals surface area contributed by atoms with Crippen LogP contribution in [0.25, 0.3) is 0 Å². The molecule has 112 valence electrons. The average molecular weight is 416 g/mol. The number of nitrogens with one attached hydrogen (secondary N) is 1. The molecule has 2 aromatic rings. The second-order valence-electron chi connectivity index (χ2n) is 5.23. The van der Waals surface area contributed by atoms with Crippen LogP contribution < -0.4 is 10.1 Å². The van der Waals surface area contributed by atoms with E-state index in [-0.39, 0.29) is 12.1 Å². The molecule has 0 heterocycles. The summed E-state index contributed by atoms with van der Waals surface area (Å²) in [5.41, 5.74) is 2.23. The molecule has 0 fully saturated rings. The lowest BCUT2D eigenvalue weighted by atomic mass is 10.1. The summed E-state index contributed by atoms with van der Waals surface area (Å²) in [5.74, 6) is 0.721. The van der Waals surface area contributed by atoms with Crippen molar-refractivity contribution in [1.29, 1.82) is 0 Å². The predicted octanol–water partition coefficient (Wildman–Crippen LogP) is 5.90. The van der Waals surface area contributed by atoms with Gasteiger partial charge in [-0.15, -0.1) is 0 Å². The highest BCUT2D eigenvalue weighted by molar-refractivity contribution is 14.1. The van der Waals surface area contributed by atoms with Gasteiger partial charge in [-0.2, -0.15) is 0 Å². The van der Waals surface area contributed by atoms with Crippen LogP contribution in [-0.2, 0) is 0 Å². The number of hydrogen-bond donors (Lipinski definition) is 1. The van der Waals surface area contributed by atoms with Crippen LogP contribution in [0.2, 0.25) is 5.02 Å². The Morgan fingerprint density at radius 2 is 1.71 bits per heavy atom. The Balaban J connectivity index is 2.09. The van der Waals surface area contributed by atoms with E-state index >= 15 is 0 Å². The van der Waals surface area contributed by atoms with Gasteiger partial charge in [-0.25, -0.2) is 0 Å². The Labute approximate surface area is 145 Å². The van der Waals surface area contributed by atoms with Gasteiger partial charge >= 0.3 is 0 Å². The zero-order valence-corrected chi connectivity index (χ0v) is 15.3. The van der Waals surface area contributed by atoms with Gasteiger partial charge in [0.1, 0.15) is 5.75 Å². The van der Waals surface area contributed by atoms with E-state index in [2.05, 4.69) is 59.1 Å². The molecule has 1 N–H and O–H groups in total. The Morgan fingerprint density at radius 1 is 1.05 bits per heavy atom. The van der Waals surface area contributed by atoms with E-state index in [1.807, 2.05) is 32.0 Å². The van der Waals surface area contributed by atoms with E-state index in [0.29, 0.717) is 5.02 Å². The Bertz CT molecular complexity index is 598. The van der Waals surface area contributed by atoms with Crippen molar-refractivity contribution in [3.05, 3.63) is 56.6 Å². The maximum atomic E-state index is 6.26. The van der Waals surface area contributed by atoms with Crippen molar-refractivity contribution < 1.29 is 4.74 Å². The number of benzene rings is 2.